The van der Waals surface area contributed by atoms with E-state index in [1.807, 2.05) is 0 Å². The zero-order chi connectivity index (χ0) is 20.6. The van der Waals surface area contributed by atoms with Crippen molar-refractivity contribution >= 4 is 17.9 Å². The highest BCUT2D eigenvalue weighted by atomic mass is 16.4. The van der Waals surface area contributed by atoms with Gasteiger partial charge in [0.1, 0.15) is 0 Å². The van der Waals surface area contributed by atoms with Crippen LogP contribution in [0.4, 0.5) is 0 Å². The van der Waals surface area contributed by atoms with Gasteiger partial charge in [0, 0.05) is 17.6 Å². The number of hydrogen-bond acceptors (Lipinski definition) is 5. The molecule has 0 heterocycles. The monoisotopic (exact) mass is 350 g/mol. The van der Waals surface area contributed by atoms with Crippen molar-refractivity contribution in [3.63, 3.8) is 0 Å². The molecule has 0 spiro atoms. The molecule has 142 valence electrons. The summed E-state index contributed by atoms with van der Waals surface area (Å²) in [4.78, 5) is 28.5. The highest BCUT2D eigenvalue weighted by Gasteiger charge is 2.18. The summed E-state index contributed by atoms with van der Waals surface area (Å²) >= 11 is 0. The lowest BCUT2D eigenvalue weighted by Crippen LogP contribution is -2.20. The third kappa shape index (κ3) is 36.8. The summed E-state index contributed by atoms with van der Waals surface area (Å²) in [5.74, 6) is -2.72. The van der Waals surface area contributed by atoms with E-state index in [1.54, 1.807) is 34.6 Å². The van der Waals surface area contributed by atoms with Crippen LogP contribution >= 0.6 is 0 Å². The average Bonchev–Trinajstić information content (AvgIpc) is 2.48. The van der Waals surface area contributed by atoms with Gasteiger partial charge >= 0.3 is 17.9 Å². The fourth-order valence-corrected chi connectivity index (χ4v) is 0.0500. The van der Waals surface area contributed by atoms with Crippen molar-refractivity contribution in [2.24, 2.45) is 10.8 Å². The zero-order valence-corrected chi connectivity index (χ0v) is 14.9. The van der Waals surface area contributed by atoms with Gasteiger partial charge in [0.25, 0.3) is 0 Å². The number of aliphatic hydroxyl groups excluding tert-OH is 2. The predicted molar refractivity (Wildman–Crippen MR) is 90.7 cm³/mol. The fourth-order valence-electron chi connectivity index (χ4n) is 0.0500. The van der Waals surface area contributed by atoms with Crippen LogP contribution in [0.2, 0.25) is 0 Å². The Labute approximate surface area is 142 Å². The second-order valence-electron chi connectivity index (χ2n) is 6.12. The van der Waals surface area contributed by atoms with E-state index in [2.05, 4.69) is 13.2 Å². The second-order valence-corrected chi connectivity index (χ2v) is 6.12. The van der Waals surface area contributed by atoms with Crippen LogP contribution < -0.4 is 0 Å². The number of aliphatic carboxylic acids is 3. The van der Waals surface area contributed by atoms with Crippen LogP contribution in [0.3, 0.4) is 0 Å². The van der Waals surface area contributed by atoms with Crippen LogP contribution in [0.15, 0.2) is 25.3 Å². The standard InChI is InChI=1S/C5H10O2.C5H12O2.2C3H4O2/c1-5(2,3)4(6)7;1-5(2,3-6)4-7;2*1-2-3(4)5/h1-3H3,(H,6,7);6-7H,3-4H2,1-2H3;2*2H,1H2,(H,4,5). The van der Waals surface area contributed by atoms with Gasteiger partial charge in [-0.2, -0.15) is 0 Å². The van der Waals surface area contributed by atoms with E-state index in [-0.39, 0.29) is 18.6 Å². The lowest BCUT2D eigenvalue weighted by Gasteiger charge is -2.16. The molecule has 5 N–H and O–H groups in total. The smallest absolute Gasteiger partial charge is 0.327 e. The van der Waals surface area contributed by atoms with Crippen LogP contribution in [0.25, 0.3) is 0 Å². The van der Waals surface area contributed by atoms with Gasteiger partial charge in [-0.25, -0.2) is 9.59 Å². The Bertz CT molecular complexity index is 367. The van der Waals surface area contributed by atoms with Crippen molar-refractivity contribution in [3.05, 3.63) is 25.3 Å². The van der Waals surface area contributed by atoms with Gasteiger partial charge in [0.05, 0.1) is 18.6 Å². The minimum atomic E-state index is -0.981. The maximum absolute atomic E-state index is 10.0. The molecule has 0 aliphatic rings. The molecular formula is C16H30O8. The topological polar surface area (TPSA) is 152 Å². The summed E-state index contributed by atoms with van der Waals surface area (Å²) in [7, 11) is 0. The highest BCUT2D eigenvalue weighted by Crippen LogP contribution is 2.11. The summed E-state index contributed by atoms with van der Waals surface area (Å²) in [5.41, 5.74) is -0.889. The fraction of sp³-hybridized carbons (Fsp3) is 0.562. The number of hydrogen-bond donors (Lipinski definition) is 5. The Kier molecular flexibility index (Phi) is 19.5. The van der Waals surface area contributed by atoms with Crippen LogP contribution in [-0.4, -0.2) is 56.7 Å². The normalized spacial score (nSPS) is 9.46. The Morgan fingerprint density at radius 1 is 0.792 bits per heavy atom. The second kappa shape index (κ2) is 15.7. The first-order valence-corrected chi connectivity index (χ1v) is 6.77. The van der Waals surface area contributed by atoms with Crippen molar-refractivity contribution in [2.75, 3.05) is 13.2 Å². The average molecular weight is 350 g/mol. The summed E-state index contributed by atoms with van der Waals surface area (Å²) in [6, 6.07) is 0. The van der Waals surface area contributed by atoms with Crippen molar-refractivity contribution in [1.29, 1.82) is 0 Å². The summed E-state index contributed by atoms with van der Waals surface area (Å²) < 4.78 is 0. The third-order valence-electron chi connectivity index (χ3n) is 1.85. The highest BCUT2D eigenvalue weighted by molar-refractivity contribution is 5.79. The molecule has 0 aliphatic carbocycles. The van der Waals surface area contributed by atoms with Gasteiger partial charge in [-0.3, -0.25) is 4.79 Å². The Morgan fingerprint density at radius 2 is 0.958 bits per heavy atom. The van der Waals surface area contributed by atoms with Crippen molar-refractivity contribution < 1.29 is 39.9 Å². The molecule has 0 amide bonds. The molecule has 8 heteroatoms. The number of carboxylic acids is 3. The Hall–Kier alpha value is -2.19. The quantitative estimate of drug-likeness (QED) is 0.480. The molecule has 8 nitrogen and oxygen atoms in total. The Balaban J connectivity index is -0.000000113. The molecule has 0 saturated carbocycles. The van der Waals surface area contributed by atoms with Crippen LogP contribution in [0.1, 0.15) is 34.6 Å². The van der Waals surface area contributed by atoms with Gasteiger partial charge in [0.2, 0.25) is 0 Å². The SMILES string of the molecule is C=CC(=O)O.C=CC(=O)O.CC(C)(C)C(=O)O.CC(C)(CO)CO. The molecule has 0 saturated heterocycles. The number of rotatable bonds is 4. The lowest BCUT2D eigenvalue weighted by atomic mass is 9.97. The molecular weight excluding hydrogens is 320 g/mol. The maximum Gasteiger partial charge on any atom is 0.327 e. The van der Waals surface area contributed by atoms with Crippen LogP contribution in [0, 0.1) is 10.8 Å². The van der Waals surface area contributed by atoms with Gasteiger partial charge in [-0.15, -0.1) is 0 Å². The summed E-state index contributed by atoms with van der Waals surface area (Å²) in [6.07, 6.45) is 1.67. The third-order valence-corrected chi connectivity index (χ3v) is 1.85. The van der Waals surface area contributed by atoms with Crippen LogP contribution in [0.5, 0.6) is 0 Å². The van der Waals surface area contributed by atoms with Crippen LogP contribution in [-0.2, 0) is 14.4 Å². The molecule has 0 aromatic rings. The molecule has 0 fully saturated rings. The molecule has 0 atom stereocenters. The first kappa shape index (κ1) is 29.8. The van der Waals surface area contributed by atoms with Crippen molar-refractivity contribution in [2.45, 2.75) is 34.6 Å². The minimum Gasteiger partial charge on any atom is -0.481 e. The minimum absolute atomic E-state index is 0.0451. The van der Waals surface area contributed by atoms with E-state index in [0.29, 0.717) is 0 Å². The van der Waals surface area contributed by atoms with Gasteiger partial charge in [0.15, 0.2) is 0 Å². The van der Waals surface area contributed by atoms with E-state index in [9.17, 15) is 14.4 Å². The molecule has 0 aromatic heterocycles. The molecule has 0 radical (unpaired) electrons. The lowest BCUT2D eigenvalue weighted by molar-refractivity contribution is -0.145. The first-order chi connectivity index (χ1) is 10.6. The van der Waals surface area contributed by atoms with Crippen molar-refractivity contribution in [3.8, 4) is 0 Å². The molecule has 0 aliphatic heterocycles. The first-order valence-electron chi connectivity index (χ1n) is 6.77. The molecule has 0 rings (SSSR count). The number of carboxylic acid groups (broad SMARTS) is 3. The Morgan fingerprint density at radius 3 is 0.958 bits per heavy atom. The largest absolute Gasteiger partial charge is 0.481 e. The maximum atomic E-state index is 10.0. The molecule has 0 aromatic carbocycles. The summed E-state index contributed by atoms with van der Waals surface area (Å²) in [6.45, 7) is 14.6. The number of carbonyl (C=O) groups is 3. The summed E-state index contributed by atoms with van der Waals surface area (Å²) in [5, 5.41) is 40.3. The van der Waals surface area contributed by atoms with Gasteiger partial charge in [-0.05, 0) is 20.8 Å². The van der Waals surface area contributed by atoms with E-state index in [0.717, 1.165) is 12.2 Å². The molecule has 0 unspecified atom stereocenters. The zero-order valence-electron chi connectivity index (χ0n) is 14.9. The van der Waals surface area contributed by atoms with Gasteiger partial charge < -0.3 is 25.5 Å². The van der Waals surface area contributed by atoms with E-state index in [4.69, 9.17) is 25.5 Å². The van der Waals surface area contributed by atoms with E-state index < -0.39 is 23.3 Å². The van der Waals surface area contributed by atoms with Gasteiger partial charge in [-0.1, -0.05) is 27.0 Å². The molecule has 0 bridgehead atoms. The number of aliphatic hydroxyl groups is 2. The van der Waals surface area contributed by atoms with Crippen molar-refractivity contribution in [1.82, 2.24) is 0 Å². The van der Waals surface area contributed by atoms with E-state index >= 15 is 0 Å². The van der Waals surface area contributed by atoms with E-state index in [1.165, 1.54) is 0 Å². The predicted octanol–water partition coefficient (Wildman–Crippen LogP) is 1.63. The molecule has 24 heavy (non-hydrogen) atoms.